The molecule has 0 saturated carbocycles. The van der Waals surface area contributed by atoms with Crippen LogP contribution in [0.4, 0.5) is 0 Å². The topological polar surface area (TPSA) is 88.6 Å². The third kappa shape index (κ3) is 4.23. The number of ether oxygens (including phenoxy) is 2. The fourth-order valence-corrected chi connectivity index (χ4v) is 5.01. The highest BCUT2D eigenvalue weighted by Crippen LogP contribution is 2.48. The van der Waals surface area contributed by atoms with E-state index in [4.69, 9.17) is 15.2 Å². The molecule has 0 fully saturated rings. The van der Waals surface area contributed by atoms with Gasteiger partial charge in [-0.05, 0) is 43.0 Å². The van der Waals surface area contributed by atoms with Gasteiger partial charge < -0.3 is 20.1 Å². The van der Waals surface area contributed by atoms with E-state index in [-0.39, 0.29) is 5.78 Å². The Morgan fingerprint density at radius 2 is 1.94 bits per heavy atom. The lowest BCUT2D eigenvalue weighted by molar-refractivity contribution is -0.116. The maximum Gasteiger partial charge on any atom is 0.162 e. The Hall–Kier alpha value is -3.24. The molecule has 2 aromatic carbocycles. The maximum absolute atomic E-state index is 13.0. The van der Waals surface area contributed by atoms with E-state index < -0.39 is 5.92 Å². The first-order valence-electron chi connectivity index (χ1n) is 10.8. The number of halogens is 1. The number of hydrogen-bond donors (Lipinski definition) is 1. The number of benzene rings is 2. The number of aryl methyl sites for hydroxylation is 1. The van der Waals surface area contributed by atoms with Crippen molar-refractivity contribution in [2.45, 2.75) is 38.7 Å². The van der Waals surface area contributed by atoms with Gasteiger partial charge in [-0.25, -0.2) is 0 Å². The third-order valence-electron chi connectivity index (χ3n) is 6.28. The van der Waals surface area contributed by atoms with Crippen LogP contribution in [0.15, 0.2) is 63.5 Å². The molecule has 0 bridgehead atoms. The predicted octanol–water partition coefficient (Wildman–Crippen LogP) is 5.08. The Balaban J connectivity index is 1.76. The van der Waals surface area contributed by atoms with E-state index in [9.17, 15) is 10.1 Å². The molecule has 0 radical (unpaired) electrons. The summed E-state index contributed by atoms with van der Waals surface area (Å²) in [6.45, 7) is 2.43. The second kappa shape index (κ2) is 9.32. The molecule has 1 aliphatic carbocycles. The Morgan fingerprint density at radius 1 is 1.21 bits per heavy atom. The van der Waals surface area contributed by atoms with Gasteiger partial charge in [0.15, 0.2) is 17.3 Å². The molecule has 2 aromatic rings. The molecule has 0 spiro atoms. The highest BCUT2D eigenvalue weighted by atomic mass is 79.9. The summed E-state index contributed by atoms with van der Waals surface area (Å²) in [6, 6.07) is 14.1. The van der Waals surface area contributed by atoms with E-state index in [2.05, 4.69) is 22.0 Å². The smallest absolute Gasteiger partial charge is 0.162 e. The molecule has 7 heteroatoms. The van der Waals surface area contributed by atoms with Crippen molar-refractivity contribution in [1.82, 2.24) is 4.90 Å². The number of allylic oxidation sites excluding steroid dienone is 3. The first kappa shape index (κ1) is 22.9. The SMILES string of the molecule is COc1cc([C@H]2C(C#N)=C(N)N(C)C3=C2C(=O)CCC3)c(Br)cc1OCc1ccc(C)cc1. The van der Waals surface area contributed by atoms with Crippen LogP contribution in [0.5, 0.6) is 11.5 Å². The fourth-order valence-electron chi connectivity index (χ4n) is 4.46. The summed E-state index contributed by atoms with van der Waals surface area (Å²) in [6.07, 6.45) is 1.99. The molecular formula is C26H26BrN3O3. The first-order valence-corrected chi connectivity index (χ1v) is 11.6. The molecule has 2 N–H and O–H groups in total. The summed E-state index contributed by atoms with van der Waals surface area (Å²) in [7, 11) is 3.39. The maximum atomic E-state index is 13.0. The molecule has 2 aliphatic rings. The summed E-state index contributed by atoms with van der Waals surface area (Å²) in [4.78, 5) is 14.8. The van der Waals surface area contributed by atoms with Crippen molar-refractivity contribution >= 4 is 21.7 Å². The van der Waals surface area contributed by atoms with E-state index >= 15 is 0 Å². The molecule has 1 heterocycles. The molecule has 0 aromatic heterocycles. The summed E-state index contributed by atoms with van der Waals surface area (Å²) >= 11 is 3.65. The van der Waals surface area contributed by atoms with Crippen LogP contribution in [-0.4, -0.2) is 24.8 Å². The highest BCUT2D eigenvalue weighted by Gasteiger charge is 2.39. The molecule has 170 valence electrons. The molecule has 4 rings (SSSR count). The zero-order chi connectivity index (χ0) is 23.7. The van der Waals surface area contributed by atoms with E-state index in [1.807, 2.05) is 50.4 Å². The number of ketones is 1. The Labute approximate surface area is 202 Å². The molecule has 1 atom stereocenters. The van der Waals surface area contributed by atoms with Gasteiger partial charge in [-0.2, -0.15) is 5.26 Å². The number of methoxy groups -OCH3 is 1. The number of nitrogens with zero attached hydrogens (tertiary/aromatic N) is 2. The van der Waals surface area contributed by atoms with Crippen molar-refractivity contribution in [1.29, 1.82) is 5.26 Å². The lowest BCUT2D eigenvalue weighted by atomic mass is 9.76. The van der Waals surface area contributed by atoms with Crippen LogP contribution in [-0.2, 0) is 11.4 Å². The summed E-state index contributed by atoms with van der Waals surface area (Å²) in [5, 5.41) is 9.97. The summed E-state index contributed by atoms with van der Waals surface area (Å²) in [5.74, 6) is 0.977. The molecule has 0 unspecified atom stereocenters. The van der Waals surface area contributed by atoms with Crippen LogP contribution in [0.1, 0.15) is 41.9 Å². The van der Waals surface area contributed by atoms with Gasteiger partial charge >= 0.3 is 0 Å². The van der Waals surface area contributed by atoms with Gasteiger partial charge in [0.2, 0.25) is 0 Å². The number of rotatable bonds is 5. The third-order valence-corrected chi connectivity index (χ3v) is 6.96. The quantitative estimate of drug-likeness (QED) is 0.607. The van der Waals surface area contributed by atoms with Crippen molar-refractivity contribution < 1.29 is 14.3 Å². The highest BCUT2D eigenvalue weighted by molar-refractivity contribution is 9.10. The van der Waals surface area contributed by atoms with Crippen LogP contribution < -0.4 is 15.2 Å². The van der Waals surface area contributed by atoms with E-state index in [1.165, 1.54) is 5.56 Å². The van der Waals surface area contributed by atoms with Gasteiger partial charge in [-0.3, -0.25) is 4.79 Å². The van der Waals surface area contributed by atoms with Crippen molar-refractivity contribution in [3.8, 4) is 17.6 Å². The lowest BCUT2D eigenvalue weighted by Gasteiger charge is -2.38. The summed E-state index contributed by atoms with van der Waals surface area (Å²) < 4.78 is 12.4. The number of carbonyl (C=O) groups excluding carboxylic acids is 1. The van der Waals surface area contributed by atoms with Gasteiger partial charge in [0.05, 0.1) is 24.7 Å². The standard InChI is InChI=1S/C26H26BrN3O3/c1-15-7-9-16(10-8-15)14-33-23-12-19(27)17(11-22(23)32-3)24-18(13-28)26(29)30(2)20-5-4-6-21(31)25(20)24/h7-12,24H,4-6,14,29H2,1-3H3/t24-/m0/s1. The molecular weight excluding hydrogens is 482 g/mol. The van der Waals surface area contributed by atoms with Crippen LogP contribution in [0, 0.1) is 18.3 Å². The van der Waals surface area contributed by atoms with Gasteiger partial charge in [0.25, 0.3) is 0 Å². The second-order valence-corrected chi connectivity index (χ2v) is 9.19. The Morgan fingerprint density at radius 3 is 2.61 bits per heavy atom. The average molecular weight is 508 g/mol. The first-order chi connectivity index (χ1) is 15.8. The molecule has 33 heavy (non-hydrogen) atoms. The number of carbonyl (C=O) groups is 1. The minimum absolute atomic E-state index is 0.0546. The van der Waals surface area contributed by atoms with Crippen molar-refractivity contribution in [2.75, 3.05) is 14.2 Å². The monoisotopic (exact) mass is 507 g/mol. The largest absolute Gasteiger partial charge is 0.493 e. The van der Waals surface area contributed by atoms with E-state index in [0.29, 0.717) is 41.5 Å². The van der Waals surface area contributed by atoms with Gasteiger partial charge in [-0.15, -0.1) is 0 Å². The normalized spacial score (nSPS) is 18.2. The van der Waals surface area contributed by atoms with Crippen molar-refractivity contribution in [2.24, 2.45) is 5.73 Å². The Bertz CT molecular complexity index is 1210. The Kier molecular flexibility index (Phi) is 6.48. The van der Waals surface area contributed by atoms with Crippen molar-refractivity contribution in [3.05, 3.63) is 80.2 Å². The average Bonchev–Trinajstić information content (AvgIpc) is 2.81. The zero-order valence-corrected chi connectivity index (χ0v) is 20.5. The van der Waals surface area contributed by atoms with Gasteiger partial charge in [0, 0.05) is 29.2 Å². The summed E-state index contributed by atoms with van der Waals surface area (Å²) in [5.41, 5.74) is 11.2. The number of Topliss-reactive ketones (excluding diaryl/α,β-unsaturated/α-hetero) is 1. The molecule has 1 aliphatic heterocycles. The van der Waals surface area contributed by atoms with E-state index in [1.54, 1.807) is 12.0 Å². The number of nitriles is 1. The molecule has 6 nitrogen and oxygen atoms in total. The van der Waals surface area contributed by atoms with E-state index in [0.717, 1.165) is 34.1 Å². The fraction of sp³-hybridized carbons (Fsp3) is 0.308. The lowest BCUT2D eigenvalue weighted by Crippen LogP contribution is -2.36. The van der Waals surface area contributed by atoms with Crippen molar-refractivity contribution in [3.63, 3.8) is 0 Å². The van der Waals surface area contributed by atoms with Gasteiger partial charge in [0.1, 0.15) is 12.4 Å². The van der Waals surface area contributed by atoms with Crippen LogP contribution in [0.3, 0.4) is 0 Å². The number of nitrogens with two attached hydrogens (primary N) is 1. The van der Waals surface area contributed by atoms with Gasteiger partial charge in [-0.1, -0.05) is 45.8 Å². The minimum atomic E-state index is -0.552. The molecule has 0 saturated heterocycles. The minimum Gasteiger partial charge on any atom is -0.493 e. The van der Waals surface area contributed by atoms with Crippen LogP contribution >= 0.6 is 15.9 Å². The zero-order valence-electron chi connectivity index (χ0n) is 18.9. The molecule has 0 amide bonds. The van der Waals surface area contributed by atoms with Crippen LogP contribution in [0.2, 0.25) is 0 Å². The van der Waals surface area contributed by atoms with Crippen LogP contribution in [0.25, 0.3) is 0 Å². The predicted molar refractivity (Wildman–Crippen MR) is 129 cm³/mol. The number of hydrogen-bond acceptors (Lipinski definition) is 6. The second-order valence-electron chi connectivity index (χ2n) is 8.34.